The third kappa shape index (κ3) is 9.20. The summed E-state index contributed by atoms with van der Waals surface area (Å²) < 4.78 is 46.8. The van der Waals surface area contributed by atoms with Crippen molar-refractivity contribution >= 4 is 35.8 Å². The fourth-order valence-corrected chi connectivity index (χ4v) is 2.36. The van der Waals surface area contributed by atoms with E-state index in [9.17, 15) is 18.0 Å². The smallest absolute Gasteiger partial charge is 0.484 e. The molecule has 0 aliphatic carbocycles. The van der Waals surface area contributed by atoms with E-state index in [4.69, 9.17) is 10.5 Å². The number of halogens is 4. The Hall–Kier alpha value is -2.70. The molecule has 11 heteroatoms. The highest BCUT2D eigenvalue weighted by Crippen LogP contribution is 2.26. The van der Waals surface area contributed by atoms with Crippen LogP contribution in [0, 0.1) is 0 Å². The SMILES string of the molecule is CN=C(NCc1cccc(OCC(N)=O)c1)NCc1ccccc1OC(F)(F)F.I. The van der Waals surface area contributed by atoms with E-state index in [2.05, 4.69) is 20.4 Å². The van der Waals surface area contributed by atoms with Gasteiger partial charge >= 0.3 is 6.36 Å². The van der Waals surface area contributed by atoms with Crippen LogP contribution in [0.4, 0.5) is 13.2 Å². The molecule has 0 atom stereocenters. The van der Waals surface area contributed by atoms with Gasteiger partial charge in [-0.15, -0.1) is 37.1 Å². The quantitative estimate of drug-likeness (QED) is 0.273. The number of primary amides is 1. The van der Waals surface area contributed by atoms with Crippen LogP contribution in [0.1, 0.15) is 11.1 Å². The van der Waals surface area contributed by atoms with Gasteiger partial charge in [0.1, 0.15) is 11.5 Å². The molecule has 0 aliphatic rings. The van der Waals surface area contributed by atoms with Crippen LogP contribution < -0.4 is 25.8 Å². The Morgan fingerprint density at radius 3 is 2.47 bits per heavy atom. The van der Waals surface area contributed by atoms with E-state index < -0.39 is 12.3 Å². The van der Waals surface area contributed by atoms with Crippen LogP contribution in [0.2, 0.25) is 0 Å². The molecule has 0 unspecified atom stereocenters. The van der Waals surface area contributed by atoms with Gasteiger partial charge in [0, 0.05) is 25.7 Å². The molecule has 2 aromatic rings. The van der Waals surface area contributed by atoms with Gasteiger partial charge in [0.15, 0.2) is 12.6 Å². The van der Waals surface area contributed by atoms with Crippen molar-refractivity contribution < 1.29 is 27.4 Å². The second-order valence-corrected chi connectivity index (χ2v) is 5.84. The molecule has 1 amide bonds. The van der Waals surface area contributed by atoms with Crippen molar-refractivity contribution in [3.8, 4) is 11.5 Å². The van der Waals surface area contributed by atoms with E-state index in [0.717, 1.165) is 5.56 Å². The van der Waals surface area contributed by atoms with Gasteiger partial charge in [-0.25, -0.2) is 0 Å². The molecule has 30 heavy (non-hydrogen) atoms. The number of alkyl halides is 3. The number of carbonyl (C=O) groups excluding carboxylic acids is 1. The summed E-state index contributed by atoms with van der Waals surface area (Å²) in [5.74, 6) is 0.0229. The molecule has 0 saturated carbocycles. The van der Waals surface area contributed by atoms with Crippen LogP contribution in [0.3, 0.4) is 0 Å². The van der Waals surface area contributed by atoms with Gasteiger partial charge in [-0.3, -0.25) is 9.79 Å². The molecule has 164 valence electrons. The molecule has 0 heterocycles. The zero-order chi connectivity index (χ0) is 21.3. The fourth-order valence-electron chi connectivity index (χ4n) is 2.36. The minimum absolute atomic E-state index is 0. The monoisotopic (exact) mass is 538 g/mol. The molecule has 0 saturated heterocycles. The Labute approximate surface area is 188 Å². The number of para-hydroxylation sites is 1. The molecule has 0 fully saturated rings. The van der Waals surface area contributed by atoms with E-state index in [0.29, 0.717) is 23.8 Å². The number of nitrogens with one attached hydrogen (secondary N) is 2. The maximum atomic E-state index is 12.5. The number of ether oxygens (including phenoxy) is 2. The minimum Gasteiger partial charge on any atom is -0.484 e. The number of hydrogen-bond donors (Lipinski definition) is 3. The van der Waals surface area contributed by atoms with Gasteiger partial charge in [0.05, 0.1) is 0 Å². The maximum absolute atomic E-state index is 12.5. The lowest BCUT2D eigenvalue weighted by atomic mass is 10.2. The van der Waals surface area contributed by atoms with Gasteiger partial charge < -0.3 is 25.8 Å². The summed E-state index contributed by atoms with van der Waals surface area (Å²) >= 11 is 0. The molecule has 0 bridgehead atoms. The summed E-state index contributed by atoms with van der Waals surface area (Å²) in [6.45, 7) is 0.224. The number of carbonyl (C=O) groups is 1. The van der Waals surface area contributed by atoms with Gasteiger partial charge in [0.25, 0.3) is 5.91 Å². The molecule has 0 spiro atoms. The number of benzene rings is 2. The largest absolute Gasteiger partial charge is 0.573 e. The first-order valence-corrected chi connectivity index (χ1v) is 8.55. The third-order valence-corrected chi connectivity index (χ3v) is 3.61. The highest BCUT2D eigenvalue weighted by molar-refractivity contribution is 14.0. The van der Waals surface area contributed by atoms with E-state index in [-0.39, 0.29) is 42.9 Å². The number of nitrogens with two attached hydrogens (primary N) is 1. The molecule has 0 aliphatic heterocycles. The molecular formula is C19H22F3IN4O3. The Morgan fingerprint density at radius 1 is 1.10 bits per heavy atom. The zero-order valence-corrected chi connectivity index (χ0v) is 18.4. The van der Waals surface area contributed by atoms with Crippen molar-refractivity contribution in [2.45, 2.75) is 19.5 Å². The highest BCUT2D eigenvalue weighted by Gasteiger charge is 2.31. The molecule has 2 rings (SSSR count). The number of aliphatic imine (C=N–C) groups is 1. The summed E-state index contributed by atoms with van der Waals surface area (Å²) in [4.78, 5) is 14.8. The summed E-state index contributed by atoms with van der Waals surface area (Å²) in [7, 11) is 1.54. The number of nitrogens with zero attached hydrogens (tertiary/aromatic N) is 1. The van der Waals surface area contributed by atoms with Crippen LogP contribution >= 0.6 is 24.0 Å². The van der Waals surface area contributed by atoms with E-state index >= 15 is 0 Å². The molecular weight excluding hydrogens is 516 g/mol. The summed E-state index contributed by atoms with van der Waals surface area (Å²) in [5, 5.41) is 5.98. The summed E-state index contributed by atoms with van der Waals surface area (Å²) in [5.41, 5.74) is 6.22. The Kier molecular flexibility index (Phi) is 10.2. The molecule has 7 nitrogen and oxygen atoms in total. The van der Waals surface area contributed by atoms with Crippen molar-refractivity contribution in [3.05, 3.63) is 59.7 Å². The third-order valence-electron chi connectivity index (χ3n) is 3.61. The number of rotatable bonds is 8. The van der Waals surface area contributed by atoms with Crippen molar-refractivity contribution in [3.63, 3.8) is 0 Å². The molecule has 0 aromatic heterocycles. The first-order chi connectivity index (χ1) is 13.8. The average molecular weight is 538 g/mol. The second-order valence-electron chi connectivity index (χ2n) is 5.84. The van der Waals surface area contributed by atoms with Gasteiger partial charge in [0.2, 0.25) is 0 Å². The van der Waals surface area contributed by atoms with Crippen LogP contribution in [0.25, 0.3) is 0 Å². The van der Waals surface area contributed by atoms with Gasteiger partial charge in [-0.05, 0) is 23.8 Å². The normalized spacial score (nSPS) is 11.3. The molecule has 2 aromatic carbocycles. The Bertz CT molecular complexity index is 863. The number of amides is 1. The van der Waals surface area contributed by atoms with E-state index in [1.54, 1.807) is 31.3 Å². The lowest BCUT2D eigenvalue weighted by Gasteiger charge is -2.16. The van der Waals surface area contributed by atoms with Crippen LogP contribution in [-0.2, 0) is 17.9 Å². The van der Waals surface area contributed by atoms with Crippen molar-refractivity contribution in [2.24, 2.45) is 10.7 Å². The maximum Gasteiger partial charge on any atom is 0.573 e. The van der Waals surface area contributed by atoms with E-state index in [1.165, 1.54) is 18.2 Å². The first-order valence-electron chi connectivity index (χ1n) is 8.55. The lowest BCUT2D eigenvalue weighted by molar-refractivity contribution is -0.274. The summed E-state index contributed by atoms with van der Waals surface area (Å²) in [6, 6.07) is 12.9. The number of guanidine groups is 1. The van der Waals surface area contributed by atoms with Crippen molar-refractivity contribution in [2.75, 3.05) is 13.7 Å². The predicted octanol–water partition coefficient (Wildman–Crippen LogP) is 2.93. The van der Waals surface area contributed by atoms with E-state index in [1.807, 2.05) is 6.07 Å². The number of hydrogen-bond acceptors (Lipinski definition) is 4. The zero-order valence-electron chi connectivity index (χ0n) is 16.0. The van der Waals surface area contributed by atoms with Crippen molar-refractivity contribution in [1.29, 1.82) is 0 Å². The van der Waals surface area contributed by atoms with Gasteiger partial charge in [-0.1, -0.05) is 30.3 Å². The Balaban J connectivity index is 0.00000450. The van der Waals surface area contributed by atoms with Crippen LogP contribution in [0.15, 0.2) is 53.5 Å². The minimum atomic E-state index is -4.77. The fraction of sp³-hybridized carbons (Fsp3) is 0.263. The predicted molar refractivity (Wildman–Crippen MR) is 117 cm³/mol. The highest BCUT2D eigenvalue weighted by atomic mass is 127. The van der Waals surface area contributed by atoms with Crippen molar-refractivity contribution in [1.82, 2.24) is 10.6 Å². The van der Waals surface area contributed by atoms with Gasteiger partial charge in [-0.2, -0.15) is 0 Å². The topological polar surface area (TPSA) is 98.0 Å². The second kappa shape index (κ2) is 12.1. The van der Waals surface area contributed by atoms with Crippen LogP contribution in [0.5, 0.6) is 11.5 Å². The average Bonchev–Trinajstić information content (AvgIpc) is 2.67. The van der Waals surface area contributed by atoms with Crippen LogP contribution in [-0.4, -0.2) is 31.9 Å². The molecule has 0 radical (unpaired) electrons. The Morgan fingerprint density at radius 2 is 1.80 bits per heavy atom. The molecule has 4 N–H and O–H groups in total. The first kappa shape index (κ1) is 25.3. The summed E-state index contributed by atoms with van der Waals surface area (Å²) in [6.07, 6.45) is -4.77. The standard InChI is InChI=1S/C19H21F3N4O3.HI/c1-24-18(25-10-13-5-4-7-15(9-13)28-12-17(23)27)26-11-14-6-2-3-8-16(14)29-19(20,21)22;/h2-9H,10-12H2,1H3,(H2,23,27)(H2,24,25,26);1H. The lowest BCUT2D eigenvalue weighted by Crippen LogP contribution is -2.36.